The second-order valence-corrected chi connectivity index (χ2v) is 4.27. The summed E-state index contributed by atoms with van der Waals surface area (Å²) in [4.78, 5) is 11.3. The van der Waals surface area contributed by atoms with Crippen LogP contribution in [-0.2, 0) is 16.1 Å². The topological polar surface area (TPSA) is 86.7 Å². The summed E-state index contributed by atoms with van der Waals surface area (Å²) in [6.45, 7) is 6.20. The molecule has 1 amide bonds. The Bertz CT molecular complexity index is 363. The minimum Gasteiger partial charge on any atom is -0.459 e. The van der Waals surface area contributed by atoms with Gasteiger partial charge in [-0.2, -0.15) is 0 Å². The first-order valence-electron chi connectivity index (χ1n) is 5.88. The normalized spacial score (nSPS) is 10.9. The van der Waals surface area contributed by atoms with Gasteiger partial charge in [0.2, 0.25) is 0 Å². The van der Waals surface area contributed by atoms with Crippen LogP contribution in [-0.4, -0.2) is 25.7 Å². The number of furan rings is 1. The summed E-state index contributed by atoms with van der Waals surface area (Å²) >= 11 is 0. The van der Waals surface area contributed by atoms with Crippen LogP contribution < -0.4 is 11.3 Å². The molecule has 1 heterocycles. The molecule has 0 bridgehead atoms. The van der Waals surface area contributed by atoms with Gasteiger partial charge in [0.15, 0.2) is 5.76 Å². The predicted octanol–water partition coefficient (Wildman–Crippen LogP) is 1.07. The molecule has 0 aliphatic heterocycles. The standard InChI is InChI=1S/C12H20N2O4/c1-9(2)7-16-5-6-17-8-10-3-4-18-11(10)12(15)14-13/h3-4,9H,5-8,13H2,1-2H3,(H,14,15). The van der Waals surface area contributed by atoms with Gasteiger partial charge in [0.1, 0.15) is 0 Å². The molecule has 0 aromatic carbocycles. The molecule has 0 unspecified atom stereocenters. The minimum atomic E-state index is -0.463. The summed E-state index contributed by atoms with van der Waals surface area (Å²) in [6.07, 6.45) is 1.43. The van der Waals surface area contributed by atoms with E-state index in [-0.39, 0.29) is 5.76 Å². The van der Waals surface area contributed by atoms with Crippen LogP contribution in [0.25, 0.3) is 0 Å². The van der Waals surface area contributed by atoms with Crippen LogP contribution >= 0.6 is 0 Å². The number of rotatable bonds is 8. The fourth-order valence-electron chi connectivity index (χ4n) is 1.33. The number of carbonyl (C=O) groups excluding carboxylic acids is 1. The van der Waals surface area contributed by atoms with Gasteiger partial charge in [-0.05, 0) is 12.0 Å². The average Bonchev–Trinajstić information content (AvgIpc) is 2.80. The van der Waals surface area contributed by atoms with Gasteiger partial charge in [0.05, 0.1) is 26.1 Å². The van der Waals surface area contributed by atoms with Crippen molar-refractivity contribution in [3.05, 3.63) is 23.7 Å². The average molecular weight is 256 g/mol. The van der Waals surface area contributed by atoms with E-state index >= 15 is 0 Å². The lowest BCUT2D eigenvalue weighted by molar-refractivity contribution is 0.0310. The van der Waals surface area contributed by atoms with E-state index in [9.17, 15) is 4.79 Å². The van der Waals surface area contributed by atoms with Crippen LogP contribution in [0.4, 0.5) is 0 Å². The Morgan fingerprint density at radius 2 is 2.17 bits per heavy atom. The Kier molecular flexibility index (Phi) is 6.42. The highest BCUT2D eigenvalue weighted by Crippen LogP contribution is 2.11. The molecular weight excluding hydrogens is 236 g/mol. The maximum absolute atomic E-state index is 11.3. The van der Waals surface area contributed by atoms with Crippen molar-refractivity contribution in [2.24, 2.45) is 11.8 Å². The number of nitrogens with one attached hydrogen (secondary N) is 1. The van der Waals surface area contributed by atoms with Crippen molar-refractivity contribution in [3.8, 4) is 0 Å². The smallest absolute Gasteiger partial charge is 0.301 e. The molecule has 0 atom stereocenters. The zero-order valence-corrected chi connectivity index (χ0v) is 10.8. The van der Waals surface area contributed by atoms with E-state index in [1.165, 1.54) is 6.26 Å². The maximum Gasteiger partial charge on any atom is 0.301 e. The fourth-order valence-corrected chi connectivity index (χ4v) is 1.33. The molecule has 0 aliphatic rings. The Morgan fingerprint density at radius 3 is 2.83 bits per heavy atom. The van der Waals surface area contributed by atoms with E-state index in [2.05, 4.69) is 13.8 Å². The van der Waals surface area contributed by atoms with Crippen LogP contribution in [0.5, 0.6) is 0 Å². The number of hydrogen-bond acceptors (Lipinski definition) is 5. The quantitative estimate of drug-likeness (QED) is 0.314. The monoisotopic (exact) mass is 256 g/mol. The molecule has 0 aliphatic carbocycles. The molecule has 1 rings (SSSR count). The summed E-state index contributed by atoms with van der Waals surface area (Å²) in [5.41, 5.74) is 2.69. The molecule has 1 aromatic rings. The van der Waals surface area contributed by atoms with Gasteiger partial charge in [0.25, 0.3) is 0 Å². The van der Waals surface area contributed by atoms with Crippen molar-refractivity contribution in [2.45, 2.75) is 20.5 Å². The molecule has 0 fully saturated rings. The Hall–Kier alpha value is -1.37. The molecular formula is C12H20N2O4. The third-order valence-electron chi connectivity index (χ3n) is 2.16. The number of amides is 1. The van der Waals surface area contributed by atoms with Crippen molar-refractivity contribution in [1.29, 1.82) is 0 Å². The van der Waals surface area contributed by atoms with Gasteiger partial charge in [0, 0.05) is 12.2 Å². The second-order valence-electron chi connectivity index (χ2n) is 4.27. The largest absolute Gasteiger partial charge is 0.459 e. The van der Waals surface area contributed by atoms with E-state index in [1.807, 2.05) is 5.43 Å². The molecule has 102 valence electrons. The highest BCUT2D eigenvalue weighted by molar-refractivity contribution is 5.92. The van der Waals surface area contributed by atoms with Crippen molar-refractivity contribution >= 4 is 5.91 Å². The molecule has 0 radical (unpaired) electrons. The van der Waals surface area contributed by atoms with Crippen molar-refractivity contribution in [1.82, 2.24) is 5.43 Å². The number of hydrogen-bond donors (Lipinski definition) is 2. The maximum atomic E-state index is 11.3. The van der Waals surface area contributed by atoms with Gasteiger partial charge in [-0.3, -0.25) is 10.2 Å². The first-order valence-corrected chi connectivity index (χ1v) is 5.88. The van der Waals surface area contributed by atoms with Crippen LogP contribution in [0.2, 0.25) is 0 Å². The first-order chi connectivity index (χ1) is 8.65. The van der Waals surface area contributed by atoms with Crippen LogP contribution in [0.3, 0.4) is 0 Å². The van der Waals surface area contributed by atoms with Gasteiger partial charge >= 0.3 is 5.91 Å². The first kappa shape index (κ1) is 14.7. The summed E-state index contributed by atoms with van der Waals surface area (Å²) in [6, 6.07) is 1.68. The van der Waals surface area contributed by atoms with E-state index in [1.54, 1.807) is 6.07 Å². The number of nitrogens with two attached hydrogens (primary N) is 1. The van der Waals surface area contributed by atoms with E-state index in [4.69, 9.17) is 19.7 Å². The summed E-state index contributed by atoms with van der Waals surface area (Å²) < 4.78 is 15.8. The molecule has 1 aromatic heterocycles. The van der Waals surface area contributed by atoms with Crippen molar-refractivity contribution in [2.75, 3.05) is 19.8 Å². The van der Waals surface area contributed by atoms with E-state index in [0.717, 1.165) is 6.61 Å². The second kappa shape index (κ2) is 7.86. The SMILES string of the molecule is CC(C)COCCOCc1ccoc1C(=O)NN. The lowest BCUT2D eigenvalue weighted by atomic mass is 10.2. The van der Waals surface area contributed by atoms with E-state index < -0.39 is 5.91 Å². The third kappa shape index (κ3) is 4.87. The fraction of sp³-hybridized carbons (Fsp3) is 0.583. The number of ether oxygens (including phenoxy) is 2. The van der Waals surface area contributed by atoms with Crippen LogP contribution in [0.15, 0.2) is 16.7 Å². The summed E-state index contributed by atoms with van der Waals surface area (Å²) in [7, 11) is 0. The molecule has 0 saturated carbocycles. The third-order valence-corrected chi connectivity index (χ3v) is 2.16. The Balaban J connectivity index is 2.23. The number of carbonyl (C=O) groups is 1. The minimum absolute atomic E-state index is 0.181. The molecule has 0 spiro atoms. The zero-order valence-electron chi connectivity index (χ0n) is 10.8. The Morgan fingerprint density at radius 1 is 1.44 bits per heavy atom. The Labute approximate surface area is 106 Å². The zero-order chi connectivity index (χ0) is 13.4. The van der Waals surface area contributed by atoms with Crippen molar-refractivity contribution < 1.29 is 18.7 Å². The predicted molar refractivity (Wildman–Crippen MR) is 65.7 cm³/mol. The lowest BCUT2D eigenvalue weighted by Gasteiger charge is -2.07. The number of nitrogen functional groups attached to an aromatic ring is 1. The van der Waals surface area contributed by atoms with Crippen LogP contribution in [0, 0.1) is 5.92 Å². The van der Waals surface area contributed by atoms with Gasteiger partial charge < -0.3 is 13.9 Å². The molecule has 18 heavy (non-hydrogen) atoms. The molecule has 6 nitrogen and oxygen atoms in total. The van der Waals surface area contributed by atoms with Gasteiger partial charge in [-0.15, -0.1) is 0 Å². The van der Waals surface area contributed by atoms with Crippen LogP contribution in [0.1, 0.15) is 30.0 Å². The highest BCUT2D eigenvalue weighted by Gasteiger charge is 2.13. The van der Waals surface area contributed by atoms with Gasteiger partial charge in [-0.1, -0.05) is 13.8 Å². The molecule has 0 saturated heterocycles. The summed E-state index contributed by atoms with van der Waals surface area (Å²) in [5, 5.41) is 0. The molecule has 3 N–H and O–H groups in total. The van der Waals surface area contributed by atoms with E-state index in [0.29, 0.717) is 31.3 Å². The highest BCUT2D eigenvalue weighted by atomic mass is 16.5. The van der Waals surface area contributed by atoms with Crippen molar-refractivity contribution in [3.63, 3.8) is 0 Å². The summed E-state index contributed by atoms with van der Waals surface area (Å²) in [5.74, 6) is 5.27. The lowest BCUT2D eigenvalue weighted by Crippen LogP contribution is -2.30. The number of hydrazine groups is 1. The molecule has 6 heteroatoms. The van der Waals surface area contributed by atoms with Gasteiger partial charge in [-0.25, -0.2) is 5.84 Å².